The molecule has 0 amide bonds. The van der Waals surface area contributed by atoms with Gasteiger partial charge in [-0.1, -0.05) is 6.92 Å². The second-order valence-electron chi connectivity index (χ2n) is 2.04. The molecule has 0 aromatic rings. The van der Waals surface area contributed by atoms with E-state index in [1.807, 2.05) is 6.92 Å². The maximum absolute atomic E-state index is 9.98. The molecule has 4 N–H and O–H groups in total. The minimum Gasteiger partial charge on any atom is -0.466 e. The van der Waals surface area contributed by atoms with E-state index in [1.54, 1.807) is 0 Å². The number of oxime groups is 1. The van der Waals surface area contributed by atoms with Crippen LogP contribution in [0.25, 0.3) is 0 Å². The molecule has 0 saturated carbocycles. The summed E-state index contributed by atoms with van der Waals surface area (Å²) in [5, 5.41) is 3.10. The van der Waals surface area contributed by atoms with Crippen molar-refractivity contribution >= 4 is 11.9 Å². The van der Waals surface area contributed by atoms with Gasteiger partial charge in [-0.25, -0.2) is 0 Å². The monoisotopic (exact) mass is 191 g/mol. The second kappa shape index (κ2) is 10.5. The van der Waals surface area contributed by atoms with Crippen LogP contribution >= 0.6 is 0 Å². The molecule has 0 rings (SSSR count). The number of hydrogen-bond acceptors (Lipinski definition) is 4. The highest BCUT2D eigenvalue weighted by molar-refractivity contribution is 5.74. The van der Waals surface area contributed by atoms with Gasteiger partial charge in [0.2, 0.25) is 5.96 Å². The van der Waals surface area contributed by atoms with Gasteiger partial charge < -0.3 is 21.0 Å². The maximum Gasteiger partial charge on any atom is 0.302 e. The van der Waals surface area contributed by atoms with E-state index in [9.17, 15) is 4.79 Å². The van der Waals surface area contributed by atoms with Crippen molar-refractivity contribution in [2.75, 3.05) is 13.7 Å². The lowest BCUT2D eigenvalue weighted by molar-refractivity contribution is -0.140. The number of carbonyl (C=O) groups is 1. The van der Waals surface area contributed by atoms with E-state index in [4.69, 9.17) is 11.5 Å². The molecule has 6 heteroatoms. The second-order valence-corrected chi connectivity index (χ2v) is 2.04. The summed E-state index contributed by atoms with van der Waals surface area (Å²) in [7, 11) is 1.37. The minimum atomic E-state index is -0.193. The summed E-state index contributed by atoms with van der Waals surface area (Å²) >= 11 is 0. The lowest BCUT2D eigenvalue weighted by Gasteiger charge is -1.93. The Balaban J connectivity index is 0. The molecule has 6 nitrogen and oxygen atoms in total. The van der Waals surface area contributed by atoms with Crippen LogP contribution in [0.5, 0.6) is 0 Å². The average Bonchev–Trinajstić information content (AvgIpc) is 2.01. The molecule has 0 atom stereocenters. The molecule has 0 aromatic heterocycles. The van der Waals surface area contributed by atoms with E-state index in [1.165, 1.54) is 14.0 Å². The summed E-state index contributed by atoms with van der Waals surface area (Å²) < 4.78 is 4.55. The minimum absolute atomic E-state index is 0.0579. The third-order valence-electron chi connectivity index (χ3n) is 0.706. The highest BCUT2D eigenvalue weighted by Crippen LogP contribution is 1.78. The summed E-state index contributed by atoms with van der Waals surface area (Å²) in [5.41, 5.74) is 9.61. The van der Waals surface area contributed by atoms with Crippen molar-refractivity contribution in [2.24, 2.45) is 16.6 Å². The van der Waals surface area contributed by atoms with Gasteiger partial charge in [0.15, 0.2) is 0 Å². The summed E-state index contributed by atoms with van der Waals surface area (Å²) in [5.74, 6) is -0.251. The van der Waals surface area contributed by atoms with Crippen LogP contribution in [0.1, 0.15) is 20.3 Å². The van der Waals surface area contributed by atoms with Gasteiger partial charge in [0.05, 0.1) is 6.61 Å². The smallest absolute Gasteiger partial charge is 0.302 e. The largest absolute Gasteiger partial charge is 0.466 e. The molecule has 0 aliphatic heterocycles. The number of carbonyl (C=O) groups excluding carboxylic acids is 1. The quantitative estimate of drug-likeness (QED) is 0.278. The van der Waals surface area contributed by atoms with Gasteiger partial charge >= 0.3 is 5.97 Å². The highest BCUT2D eigenvalue weighted by Gasteiger charge is 1.85. The topological polar surface area (TPSA) is 99.9 Å². The first kappa shape index (κ1) is 14.1. The Labute approximate surface area is 77.9 Å². The summed E-state index contributed by atoms with van der Waals surface area (Å²) in [4.78, 5) is 14.1. The van der Waals surface area contributed by atoms with Crippen molar-refractivity contribution in [3.8, 4) is 0 Å². The van der Waals surface area contributed by atoms with Crippen LogP contribution in [0.15, 0.2) is 5.16 Å². The normalized spacial score (nSPS) is 7.62. The van der Waals surface area contributed by atoms with E-state index in [0.29, 0.717) is 6.61 Å². The van der Waals surface area contributed by atoms with E-state index in [2.05, 4.69) is 14.7 Å². The third kappa shape index (κ3) is 25.0. The van der Waals surface area contributed by atoms with Crippen molar-refractivity contribution in [2.45, 2.75) is 20.3 Å². The standard InChI is InChI=1S/C5H10O2.C2H7N3O/c1-3-4-7-5(2)6;1-6-5-2(3)4/h3-4H2,1-2H3;1H3,(H4,3,4,5). The molecule has 78 valence electrons. The molecule has 0 heterocycles. The van der Waals surface area contributed by atoms with Crippen LogP contribution in [-0.4, -0.2) is 25.6 Å². The summed E-state index contributed by atoms with van der Waals surface area (Å²) in [6.45, 7) is 3.92. The zero-order chi connectivity index (χ0) is 10.7. The van der Waals surface area contributed by atoms with E-state index < -0.39 is 0 Å². The fourth-order valence-electron chi connectivity index (χ4n) is 0.351. The lowest BCUT2D eigenvalue weighted by Crippen LogP contribution is -2.22. The van der Waals surface area contributed by atoms with Crippen LogP contribution in [-0.2, 0) is 14.4 Å². The van der Waals surface area contributed by atoms with Crippen LogP contribution in [0.2, 0.25) is 0 Å². The number of guanidine groups is 1. The number of hydrogen-bond donors (Lipinski definition) is 2. The van der Waals surface area contributed by atoms with Crippen molar-refractivity contribution in [1.29, 1.82) is 0 Å². The van der Waals surface area contributed by atoms with Crippen molar-refractivity contribution in [3.05, 3.63) is 0 Å². The molecule has 0 unspecified atom stereocenters. The van der Waals surface area contributed by atoms with Gasteiger partial charge in [-0.3, -0.25) is 4.79 Å². The van der Waals surface area contributed by atoms with Gasteiger partial charge in [-0.2, -0.15) is 0 Å². The molecule has 0 bridgehead atoms. The Morgan fingerprint density at radius 3 is 2.08 bits per heavy atom. The first-order valence-electron chi connectivity index (χ1n) is 3.80. The van der Waals surface area contributed by atoms with E-state index >= 15 is 0 Å². The number of rotatable bonds is 3. The predicted molar refractivity (Wildman–Crippen MR) is 49.7 cm³/mol. The Morgan fingerprint density at radius 1 is 1.46 bits per heavy atom. The molecule has 0 spiro atoms. The van der Waals surface area contributed by atoms with Crippen molar-refractivity contribution in [3.63, 3.8) is 0 Å². The van der Waals surface area contributed by atoms with Crippen LogP contribution in [0.4, 0.5) is 0 Å². The first-order valence-corrected chi connectivity index (χ1v) is 3.80. The van der Waals surface area contributed by atoms with Crippen molar-refractivity contribution in [1.82, 2.24) is 0 Å². The number of esters is 1. The predicted octanol–water partition coefficient (Wildman–Crippen LogP) is -0.219. The zero-order valence-electron chi connectivity index (χ0n) is 8.24. The van der Waals surface area contributed by atoms with Crippen LogP contribution in [0, 0.1) is 0 Å². The molecular formula is C7H17N3O3. The molecule has 0 aliphatic rings. The SMILES string of the molecule is CCCOC(C)=O.CON=C(N)N. The van der Waals surface area contributed by atoms with E-state index in [0.717, 1.165) is 6.42 Å². The molecule has 0 fully saturated rings. The van der Waals surface area contributed by atoms with Crippen LogP contribution < -0.4 is 11.5 Å². The Hall–Kier alpha value is -1.46. The summed E-state index contributed by atoms with van der Waals surface area (Å²) in [6, 6.07) is 0. The molecule has 0 radical (unpaired) electrons. The lowest BCUT2D eigenvalue weighted by atomic mass is 10.5. The fraction of sp³-hybridized carbons (Fsp3) is 0.714. The highest BCUT2D eigenvalue weighted by atomic mass is 16.6. The average molecular weight is 191 g/mol. The Kier molecular flexibility index (Phi) is 11.4. The number of nitrogens with zero attached hydrogens (tertiary/aromatic N) is 1. The molecule has 0 aromatic carbocycles. The van der Waals surface area contributed by atoms with Gasteiger partial charge in [-0.05, 0) is 11.6 Å². The fourth-order valence-corrected chi connectivity index (χ4v) is 0.351. The molecule has 13 heavy (non-hydrogen) atoms. The molecule has 0 aliphatic carbocycles. The van der Waals surface area contributed by atoms with Crippen LogP contribution in [0.3, 0.4) is 0 Å². The van der Waals surface area contributed by atoms with Gasteiger partial charge in [0.25, 0.3) is 0 Å². The van der Waals surface area contributed by atoms with Crippen molar-refractivity contribution < 1.29 is 14.4 Å². The zero-order valence-corrected chi connectivity index (χ0v) is 8.24. The van der Waals surface area contributed by atoms with Gasteiger partial charge in [0, 0.05) is 6.92 Å². The first-order chi connectivity index (χ1) is 6.04. The number of nitrogens with two attached hydrogens (primary N) is 2. The summed E-state index contributed by atoms with van der Waals surface area (Å²) in [6.07, 6.45) is 0.902. The molecule has 0 saturated heterocycles. The third-order valence-corrected chi connectivity index (χ3v) is 0.706. The maximum atomic E-state index is 9.98. The van der Waals surface area contributed by atoms with Gasteiger partial charge in [0.1, 0.15) is 7.11 Å². The van der Waals surface area contributed by atoms with Gasteiger partial charge in [-0.15, -0.1) is 0 Å². The molecular weight excluding hydrogens is 174 g/mol. The number of ether oxygens (including phenoxy) is 1. The van der Waals surface area contributed by atoms with E-state index in [-0.39, 0.29) is 11.9 Å². The Bertz CT molecular complexity index is 155. The Morgan fingerprint density at radius 2 is 2.00 bits per heavy atom.